The van der Waals surface area contributed by atoms with Crippen molar-refractivity contribution in [2.45, 2.75) is 6.54 Å². The van der Waals surface area contributed by atoms with Crippen molar-refractivity contribution in [3.05, 3.63) is 114 Å². The number of nitrogens with zero attached hydrogens (tertiary/aromatic N) is 2. The maximum Gasteiger partial charge on any atom is 0.0859 e. The van der Waals surface area contributed by atoms with E-state index in [1.54, 1.807) is 0 Å². The molecule has 2 heteroatoms. The zero-order valence-electron chi connectivity index (χ0n) is 16.7. The molecule has 0 atom stereocenters. The summed E-state index contributed by atoms with van der Waals surface area (Å²) in [5.74, 6) is 0. The van der Waals surface area contributed by atoms with Crippen LogP contribution >= 0.6 is 0 Å². The van der Waals surface area contributed by atoms with E-state index in [1.165, 1.54) is 33.5 Å². The normalized spacial score (nSPS) is 12.5. The highest BCUT2D eigenvalue weighted by Crippen LogP contribution is 2.45. The van der Waals surface area contributed by atoms with Crippen molar-refractivity contribution in [1.82, 2.24) is 0 Å². The first-order chi connectivity index (χ1) is 14.8. The molecule has 4 aromatic carbocycles. The lowest BCUT2D eigenvalue weighted by Gasteiger charge is -2.33. The second-order valence-corrected chi connectivity index (χ2v) is 7.41. The van der Waals surface area contributed by atoms with Gasteiger partial charge in [-0.15, -0.1) is 0 Å². The van der Waals surface area contributed by atoms with Crippen LogP contribution in [0.3, 0.4) is 0 Å². The first-order valence-corrected chi connectivity index (χ1v) is 10.1. The van der Waals surface area contributed by atoms with Gasteiger partial charge in [0.05, 0.1) is 11.4 Å². The first kappa shape index (κ1) is 18.1. The molecule has 0 amide bonds. The van der Waals surface area contributed by atoms with Gasteiger partial charge >= 0.3 is 0 Å². The van der Waals surface area contributed by atoms with E-state index in [4.69, 9.17) is 0 Å². The predicted octanol–water partition coefficient (Wildman–Crippen LogP) is 7.51. The molecule has 0 saturated heterocycles. The maximum atomic E-state index is 4.24. The Hall–Kier alpha value is -3.91. The average Bonchev–Trinajstić information content (AvgIpc) is 2.83. The number of para-hydroxylation sites is 3. The quantitative estimate of drug-likeness (QED) is 0.262. The van der Waals surface area contributed by atoms with Crippen LogP contribution in [-0.4, -0.2) is 6.72 Å². The largest absolute Gasteiger partial charge is 0.335 e. The smallest absolute Gasteiger partial charge is 0.0859 e. The molecule has 0 saturated carbocycles. The van der Waals surface area contributed by atoms with E-state index >= 15 is 0 Å². The van der Waals surface area contributed by atoms with E-state index in [2.05, 4.69) is 108 Å². The molecular weight excluding hydrogens is 364 g/mol. The first-order valence-electron chi connectivity index (χ1n) is 10.1. The second kappa shape index (κ2) is 7.84. The van der Waals surface area contributed by atoms with Crippen LogP contribution in [0.1, 0.15) is 16.7 Å². The Bertz CT molecular complexity index is 1240. The van der Waals surface area contributed by atoms with E-state index in [0.29, 0.717) is 0 Å². The average molecular weight is 386 g/mol. The fourth-order valence-electron chi connectivity index (χ4n) is 4.08. The molecule has 0 bridgehead atoms. The summed E-state index contributed by atoms with van der Waals surface area (Å²) in [6.07, 6.45) is 4.34. The molecule has 0 radical (unpaired) electrons. The van der Waals surface area contributed by atoms with Crippen LogP contribution in [-0.2, 0) is 6.54 Å². The molecule has 1 aliphatic heterocycles. The third-order valence-electron chi connectivity index (χ3n) is 5.56. The van der Waals surface area contributed by atoms with Crippen molar-refractivity contribution in [3.63, 3.8) is 0 Å². The topological polar surface area (TPSA) is 15.6 Å². The van der Waals surface area contributed by atoms with E-state index < -0.39 is 0 Å². The van der Waals surface area contributed by atoms with Gasteiger partial charge in [0.15, 0.2) is 0 Å². The maximum absolute atomic E-state index is 4.24. The predicted molar refractivity (Wildman–Crippen MR) is 129 cm³/mol. The Morgan fingerprint density at radius 3 is 2.20 bits per heavy atom. The summed E-state index contributed by atoms with van der Waals surface area (Å²) >= 11 is 0. The highest BCUT2D eigenvalue weighted by Gasteiger charge is 2.24. The molecule has 2 nitrogen and oxygen atoms in total. The van der Waals surface area contributed by atoms with Crippen LogP contribution in [0.25, 0.3) is 23.3 Å². The van der Waals surface area contributed by atoms with Gasteiger partial charge in [0.25, 0.3) is 0 Å². The van der Waals surface area contributed by atoms with Gasteiger partial charge in [-0.3, -0.25) is 4.99 Å². The summed E-state index contributed by atoms with van der Waals surface area (Å²) < 4.78 is 0. The van der Waals surface area contributed by atoms with Gasteiger partial charge in [0.2, 0.25) is 0 Å². The van der Waals surface area contributed by atoms with Crippen molar-refractivity contribution < 1.29 is 0 Å². The number of fused-ring (bicyclic) bond motifs is 3. The third kappa shape index (κ3) is 3.33. The molecule has 1 aliphatic rings. The SMILES string of the molecule is C=Nc1ccccc1N1Cc2ccc(/C=C/c3ccccc3)cc2-c2ccccc21. The standard InChI is InChI=1S/C28H22N2/c1-29-26-12-6-8-14-28(26)30-20-23-18-17-22(16-15-21-9-3-2-4-10-21)19-25(23)24-11-5-7-13-27(24)30/h2-19H,1,20H2/b16-15+. The van der Waals surface area contributed by atoms with Gasteiger partial charge in [0, 0.05) is 17.8 Å². The van der Waals surface area contributed by atoms with Gasteiger partial charge in [-0.05, 0) is 53.2 Å². The van der Waals surface area contributed by atoms with Crippen LogP contribution < -0.4 is 4.90 Å². The molecule has 0 N–H and O–H groups in total. The van der Waals surface area contributed by atoms with Gasteiger partial charge in [-0.1, -0.05) is 84.9 Å². The number of hydrogen-bond acceptors (Lipinski definition) is 2. The lowest BCUT2D eigenvalue weighted by Crippen LogP contribution is -2.21. The summed E-state index contributed by atoms with van der Waals surface area (Å²) in [6.45, 7) is 4.57. The monoisotopic (exact) mass is 386 g/mol. The summed E-state index contributed by atoms with van der Waals surface area (Å²) in [5, 5.41) is 0. The highest BCUT2D eigenvalue weighted by molar-refractivity contribution is 5.90. The van der Waals surface area contributed by atoms with Crippen LogP contribution in [0.15, 0.2) is 102 Å². The molecule has 0 aliphatic carbocycles. The van der Waals surface area contributed by atoms with E-state index in [0.717, 1.165) is 17.9 Å². The van der Waals surface area contributed by atoms with Gasteiger partial charge in [-0.25, -0.2) is 0 Å². The summed E-state index contributed by atoms with van der Waals surface area (Å²) in [5.41, 5.74) is 9.43. The van der Waals surface area contributed by atoms with Crippen molar-refractivity contribution in [1.29, 1.82) is 0 Å². The van der Waals surface area contributed by atoms with Crippen molar-refractivity contribution >= 4 is 35.9 Å². The van der Waals surface area contributed by atoms with Gasteiger partial charge in [-0.2, -0.15) is 0 Å². The summed E-state index contributed by atoms with van der Waals surface area (Å²) in [6, 6.07) is 33.9. The van der Waals surface area contributed by atoms with Crippen LogP contribution in [0.5, 0.6) is 0 Å². The second-order valence-electron chi connectivity index (χ2n) is 7.41. The molecule has 1 heterocycles. The van der Waals surface area contributed by atoms with E-state index in [1.807, 2.05) is 18.2 Å². The molecular formula is C28H22N2. The van der Waals surface area contributed by atoms with E-state index in [-0.39, 0.29) is 0 Å². The Morgan fingerprint density at radius 1 is 0.667 bits per heavy atom. The molecule has 0 unspecified atom stereocenters. The minimum atomic E-state index is 0.807. The minimum Gasteiger partial charge on any atom is -0.335 e. The molecule has 0 fully saturated rings. The minimum absolute atomic E-state index is 0.807. The fourth-order valence-corrected chi connectivity index (χ4v) is 4.08. The summed E-state index contributed by atoms with van der Waals surface area (Å²) in [7, 11) is 0. The Labute approximate surface area is 177 Å². The third-order valence-corrected chi connectivity index (χ3v) is 5.56. The number of aliphatic imine (C=N–C) groups is 1. The zero-order chi connectivity index (χ0) is 20.3. The Morgan fingerprint density at radius 2 is 1.37 bits per heavy atom. The molecule has 144 valence electrons. The van der Waals surface area contributed by atoms with Crippen LogP contribution in [0, 0.1) is 0 Å². The molecule has 30 heavy (non-hydrogen) atoms. The molecule has 0 aromatic heterocycles. The summed E-state index contributed by atoms with van der Waals surface area (Å²) in [4.78, 5) is 6.58. The lowest BCUT2D eigenvalue weighted by atomic mass is 9.91. The number of anilines is 2. The Kier molecular flexibility index (Phi) is 4.74. The molecule has 0 spiro atoms. The number of benzene rings is 4. The highest BCUT2D eigenvalue weighted by atomic mass is 15.2. The number of rotatable bonds is 4. The van der Waals surface area contributed by atoms with Gasteiger partial charge < -0.3 is 4.90 Å². The van der Waals surface area contributed by atoms with Gasteiger partial charge in [0.1, 0.15) is 0 Å². The molecule has 4 aromatic rings. The zero-order valence-corrected chi connectivity index (χ0v) is 16.7. The van der Waals surface area contributed by atoms with Crippen molar-refractivity contribution in [2.24, 2.45) is 4.99 Å². The van der Waals surface area contributed by atoms with Crippen LogP contribution in [0.4, 0.5) is 17.1 Å². The Balaban J connectivity index is 1.57. The number of hydrogen-bond donors (Lipinski definition) is 0. The lowest BCUT2D eigenvalue weighted by molar-refractivity contribution is 0.961. The van der Waals surface area contributed by atoms with Crippen molar-refractivity contribution in [2.75, 3.05) is 4.90 Å². The van der Waals surface area contributed by atoms with Crippen molar-refractivity contribution in [3.8, 4) is 11.1 Å². The molecule has 5 rings (SSSR count). The van der Waals surface area contributed by atoms with Crippen LogP contribution in [0.2, 0.25) is 0 Å². The fraction of sp³-hybridized carbons (Fsp3) is 0.0357. The van der Waals surface area contributed by atoms with E-state index in [9.17, 15) is 0 Å².